The van der Waals surface area contributed by atoms with Crippen molar-refractivity contribution in [2.45, 2.75) is 24.6 Å². The molecule has 0 aliphatic heterocycles. The summed E-state index contributed by atoms with van der Waals surface area (Å²) in [5, 5.41) is 20.3. The number of nitriles is 1. The summed E-state index contributed by atoms with van der Waals surface area (Å²) in [5.74, 6) is -0.248. The summed E-state index contributed by atoms with van der Waals surface area (Å²) in [6.45, 7) is 3.61. The van der Waals surface area contributed by atoms with Crippen LogP contribution in [0.15, 0.2) is 4.34 Å². The van der Waals surface area contributed by atoms with Crippen molar-refractivity contribution in [1.82, 2.24) is 10.2 Å². The number of nitrogen functional groups attached to an aromatic ring is 1. The molecule has 0 unspecified atom stereocenters. The maximum absolute atomic E-state index is 12.1. The number of anilines is 2. The molecule has 0 bridgehead atoms. The van der Waals surface area contributed by atoms with Crippen molar-refractivity contribution >= 4 is 56.4 Å². The molecule has 2 aromatic heterocycles. The number of aromatic nitrogens is 2. The molecule has 2 rings (SSSR count). The average Bonchev–Trinajstić information content (AvgIpc) is 3.11. The lowest BCUT2D eigenvalue weighted by Crippen LogP contribution is -2.12. The number of ether oxygens (including phenoxy) is 1. The Morgan fingerprint density at radius 3 is 2.76 bits per heavy atom. The van der Waals surface area contributed by atoms with Crippen LogP contribution in [0.4, 0.5) is 10.1 Å². The number of carbonyl (C=O) groups is 2. The van der Waals surface area contributed by atoms with E-state index >= 15 is 0 Å². The third-order valence-electron chi connectivity index (χ3n) is 2.95. The second kappa shape index (κ2) is 8.80. The monoisotopic (exact) mass is 397 g/mol. The van der Waals surface area contributed by atoms with Gasteiger partial charge in [-0.15, -0.1) is 21.5 Å². The van der Waals surface area contributed by atoms with Gasteiger partial charge < -0.3 is 15.8 Å². The van der Waals surface area contributed by atoms with Gasteiger partial charge in [-0.1, -0.05) is 23.1 Å². The van der Waals surface area contributed by atoms with Gasteiger partial charge in [0.05, 0.1) is 12.2 Å². The summed E-state index contributed by atoms with van der Waals surface area (Å²) in [6, 6.07) is 2.02. The molecule has 0 atom stereocenters. The van der Waals surface area contributed by atoms with Gasteiger partial charge in [0.15, 0.2) is 4.34 Å². The topological polar surface area (TPSA) is 131 Å². The molecule has 3 N–H and O–H groups in total. The first-order chi connectivity index (χ1) is 12.0. The van der Waals surface area contributed by atoms with Crippen LogP contribution in [0.1, 0.15) is 34.1 Å². The Hall–Kier alpha value is -2.16. The van der Waals surface area contributed by atoms with Gasteiger partial charge in [-0.3, -0.25) is 4.79 Å². The fourth-order valence-corrected chi connectivity index (χ4v) is 4.54. The van der Waals surface area contributed by atoms with Crippen LogP contribution in [0.2, 0.25) is 0 Å². The van der Waals surface area contributed by atoms with Crippen LogP contribution in [0.3, 0.4) is 0 Å². The summed E-state index contributed by atoms with van der Waals surface area (Å²) < 4.78 is 5.66. The van der Waals surface area contributed by atoms with Crippen molar-refractivity contribution < 1.29 is 14.3 Å². The van der Waals surface area contributed by atoms with Gasteiger partial charge >= 0.3 is 5.97 Å². The van der Waals surface area contributed by atoms with Crippen molar-refractivity contribution in [1.29, 1.82) is 5.26 Å². The summed E-state index contributed by atoms with van der Waals surface area (Å²) in [4.78, 5) is 24.3. The van der Waals surface area contributed by atoms with Crippen molar-refractivity contribution in [2.75, 3.05) is 23.4 Å². The fourth-order valence-electron chi connectivity index (χ4n) is 1.83. The zero-order valence-electron chi connectivity index (χ0n) is 13.5. The van der Waals surface area contributed by atoms with E-state index < -0.39 is 5.97 Å². The van der Waals surface area contributed by atoms with Gasteiger partial charge in [0.2, 0.25) is 11.0 Å². The van der Waals surface area contributed by atoms with Crippen molar-refractivity contribution in [3.05, 3.63) is 16.0 Å². The SMILES string of the molecule is CCOC(=O)c1sc(NC(=O)CCSc2nnc(N)s2)c(C#N)c1C. The number of rotatable bonds is 7. The highest BCUT2D eigenvalue weighted by Gasteiger charge is 2.22. The van der Waals surface area contributed by atoms with E-state index in [9.17, 15) is 14.9 Å². The number of amides is 1. The zero-order chi connectivity index (χ0) is 18.4. The van der Waals surface area contributed by atoms with Crippen LogP contribution in [-0.2, 0) is 9.53 Å². The maximum Gasteiger partial charge on any atom is 0.348 e. The normalized spacial score (nSPS) is 10.3. The lowest BCUT2D eigenvalue weighted by molar-refractivity contribution is -0.115. The summed E-state index contributed by atoms with van der Waals surface area (Å²) in [7, 11) is 0. The largest absolute Gasteiger partial charge is 0.462 e. The lowest BCUT2D eigenvalue weighted by Gasteiger charge is -2.02. The first-order valence-corrected chi connectivity index (χ1v) is 9.80. The van der Waals surface area contributed by atoms with Gasteiger partial charge in [0.25, 0.3) is 0 Å². The van der Waals surface area contributed by atoms with Crippen molar-refractivity contribution in [3.63, 3.8) is 0 Å². The molecule has 0 aliphatic carbocycles. The van der Waals surface area contributed by atoms with Crippen LogP contribution < -0.4 is 11.1 Å². The molecule has 0 radical (unpaired) electrons. The minimum Gasteiger partial charge on any atom is -0.462 e. The van der Waals surface area contributed by atoms with E-state index in [1.165, 1.54) is 23.1 Å². The predicted octanol–water partition coefficient (Wildman–Crippen LogP) is 2.66. The lowest BCUT2D eigenvalue weighted by atomic mass is 10.2. The molecule has 0 aliphatic rings. The number of nitrogens with one attached hydrogen (secondary N) is 1. The molecule has 1 amide bonds. The number of hydrogen-bond donors (Lipinski definition) is 2. The van der Waals surface area contributed by atoms with E-state index in [0.717, 1.165) is 11.3 Å². The van der Waals surface area contributed by atoms with Crippen LogP contribution in [-0.4, -0.2) is 34.4 Å². The Morgan fingerprint density at radius 2 is 2.16 bits per heavy atom. The standard InChI is InChI=1S/C14H15N5O3S3/c1-3-22-12(21)10-7(2)8(6-15)11(24-10)17-9(20)4-5-23-14-19-18-13(16)25-14/h3-5H2,1-2H3,(H2,16,18)(H,17,20). The molecule has 0 saturated carbocycles. The highest BCUT2D eigenvalue weighted by molar-refractivity contribution is 8.01. The molecular formula is C14H15N5O3S3. The smallest absolute Gasteiger partial charge is 0.348 e. The number of esters is 1. The Morgan fingerprint density at radius 1 is 1.40 bits per heavy atom. The zero-order valence-corrected chi connectivity index (χ0v) is 15.9. The van der Waals surface area contributed by atoms with E-state index in [1.54, 1.807) is 13.8 Å². The molecule has 25 heavy (non-hydrogen) atoms. The van der Waals surface area contributed by atoms with E-state index in [-0.39, 0.29) is 24.5 Å². The molecule has 0 spiro atoms. The van der Waals surface area contributed by atoms with E-state index in [1.807, 2.05) is 6.07 Å². The number of nitrogens with two attached hydrogens (primary N) is 1. The first kappa shape index (κ1) is 19.2. The fraction of sp³-hybridized carbons (Fsp3) is 0.357. The Balaban J connectivity index is 1.98. The highest BCUT2D eigenvalue weighted by Crippen LogP contribution is 2.33. The van der Waals surface area contributed by atoms with Gasteiger partial charge in [-0.2, -0.15) is 5.26 Å². The van der Waals surface area contributed by atoms with Crippen LogP contribution in [0, 0.1) is 18.3 Å². The van der Waals surface area contributed by atoms with Gasteiger partial charge in [0.1, 0.15) is 15.9 Å². The van der Waals surface area contributed by atoms with Gasteiger partial charge in [-0.25, -0.2) is 4.79 Å². The second-order valence-electron chi connectivity index (χ2n) is 4.65. The molecule has 0 saturated heterocycles. The predicted molar refractivity (Wildman–Crippen MR) is 98.0 cm³/mol. The Labute approximate surface area is 156 Å². The van der Waals surface area contributed by atoms with Crippen LogP contribution in [0.5, 0.6) is 0 Å². The summed E-state index contributed by atoms with van der Waals surface area (Å²) >= 11 is 3.68. The number of thiophene rings is 1. The molecule has 2 aromatic rings. The molecular weight excluding hydrogens is 382 g/mol. The molecule has 8 nitrogen and oxygen atoms in total. The van der Waals surface area contributed by atoms with E-state index in [0.29, 0.717) is 30.7 Å². The number of thioether (sulfide) groups is 1. The maximum atomic E-state index is 12.1. The van der Waals surface area contributed by atoms with Gasteiger partial charge in [0, 0.05) is 12.2 Å². The molecule has 132 valence electrons. The van der Waals surface area contributed by atoms with Crippen molar-refractivity contribution in [2.24, 2.45) is 0 Å². The summed E-state index contributed by atoms with van der Waals surface area (Å²) in [6.07, 6.45) is 0.223. The average molecular weight is 398 g/mol. The quantitative estimate of drug-likeness (QED) is 0.538. The second-order valence-corrected chi connectivity index (χ2v) is 8.02. The summed E-state index contributed by atoms with van der Waals surface area (Å²) in [5.41, 5.74) is 6.29. The van der Waals surface area contributed by atoms with E-state index in [2.05, 4.69) is 15.5 Å². The Bertz CT molecular complexity index is 824. The highest BCUT2D eigenvalue weighted by atomic mass is 32.2. The third-order valence-corrected chi connectivity index (χ3v) is 6.02. The van der Waals surface area contributed by atoms with E-state index in [4.69, 9.17) is 10.5 Å². The Kier molecular flexibility index (Phi) is 6.74. The third kappa shape index (κ3) is 4.91. The molecule has 0 aromatic carbocycles. The number of carbonyl (C=O) groups excluding carboxylic acids is 2. The van der Waals surface area contributed by atoms with Crippen LogP contribution >= 0.6 is 34.4 Å². The number of nitrogens with zero attached hydrogens (tertiary/aromatic N) is 3. The van der Waals surface area contributed by atoms with Crippen molar-refractivity contribution in [3.8, 4) is 6.07 Å². The first-order valence-electron chi connectivity index (χ1n) is 7.18. The molecule has 0 fully saturated rings. The number of hydrogen-bond acceptors (Lipinski definition) is 10. The minimum absolute atomic E-state index is 0.223. The van der Waals surface area contributed by atoms with Gasteiger partial charge in [-0.05, 0) is 19.4 Å². The molecule has 2 heterocycles. The molecule has 11 heteroatoms. The van der Waals surface area contributed by atoms with Crippen LogP contribution in [0.25, 0.3) is 0 Å². The minimum atomic E-state index is -0.494.